The van der Waals surface area contributed by atoms with Crippen molar-refractivity contribution in [3.8, 4) is 0 Å². The van der Waals surface area contributed by atoms with Crippen molar-refractivity contribution < 1.29 is 9.21 Å². The molecule has 0 aliphatic heterocycles. The lowest BCUT2D eigenvalue weighted by molar-refractivity contribution is 0.250. The number of hydrogen-bond acceptors (Lipinski definition) is 4. The first-order valence-corrected chi connectivity index (χ1v) is 3.41. The highest BCUT2D eigenvalue weighted by Gasteiger charge is 2.19. The molecule has 0 aliphatic rings. The maximum atomic E-state index is 11.2. The van der Waals surface area contributed by atoms with Crippen LogP contribution in [0.1, 0.15) is 0 Å². The number of aromatic nitrogens is 1. The molecule has 0 atom stereocenters. The third-order valence-corrected chi connectivity index (χ3v) is 1.31. The average molecular weight is 183 g/mol. The zero-order chi connectivity index (χ0) is 9.84. The normalized spacial score (nSPS) is 9.31. The summed E-state index contributed by atoms with van der Waals surface area (Å²) >= 11 is 0. The number of nitrogens with two attached hydrogens (primary N) is 1. The summed E-state index contributed by atoms with van der Waals surface area (Å²) < 4.78 is 4.66. The van der Waals surface area contributed by atoms with Crippen LogP contribution in [-0.2, 0) is 0 Å². The second-order valence-electron chi connectivity index (χ2n) is 2.12. The Kier molecular flexibility index (Phi) is 2.48. The second-order valence-corrected chi connectivity index (χ2v) is 2.12. The van der Waals surface area contributed by atoms with Crippen LogP contribution in [0.5, 0.6) is 0 Å². The summed E-state index contributed by atoms with van der Waals surface area (Å²) in [5.41, 5.74) is 5.17. The molecular weight excluding hydrogens is 174 g/mol. The standard InChI is InChI=1S/C6H9N5O2/c1-9-6(12)11(5(7)8)4-2-13-3-10-4/h2-3H,1H3,(H3,7,8)(H,9,12). The Balaban J connectivity index is 2.93. The number of carbonyl (C=O) groups excluding carboxylic acids is 1. The smallest absolute Gasteiger partial charge is 0.329 e. The van der Waals surface area contributed by atoms with E-state index in [2.05, 4.69) is 14.7 Å². The molecule has 0 bridgehead atoms. The Hall–Kier alpha value is -2.05. The molecule has 1 aromatic rings. The van der Waals surface area contributed by atoms with Crippen LogP contribution in [0.4, 0.5) is 10.6 Å². The molecule has 0 saturated heterocycles. The number of amides is 2. The van der Waals surface area contributed by atoms with Gasteiger partial charge in [0, 0.05) is 7.05 Å². The van der Waals surface area contributed by atoms with E-state index in [1.807, 2.05) is 0 Å². The van der Waals surface area contributed by atoms with Crippen molar-refractivity contribution in [1.82, 2.24) is 10.3 Å². The molecule has 13 heavy (non-hydrogen) atoms. The third-order valence-electron chi connectivity index (χ3n) is 1.31. The van der Waals surface area contributed by atoms with Crippen LogP contribution in [-0.4, -0.2) is 24.0 Å². The molecule has 0 aromatic carbocycles. The van der Waals surface area contributed by atoms with E-state index < -0.39 is 12.0 Å². The van der Waals surface area contributed by atoms with E-state index >= 15 is 0 Å². The molecule has 0 unspecified atom stereocenters. The van der Waals surface area contributed by atoms with E-state index in [1.165, 1.54) is 13.3 Å². The van der Waals surface area contributed by atoms with E-state index in [-0.39, 0.29) is 5.82 Å². The summed E-state index contributed by atoms with van der Waals surface area (Å²) in [6, 6.07) is -0.540. The summed E-state index contributed by atoms with van der Waals surface area (Å²) in [7, 11) is 1.43. The van der Waals surface area contributed by atoms with E-state index in [0.717, 1.165) is 11.3 Å². The van der Waals surface area contributed by atoms with Gasteiger partial charge in [0.2, 0.25) is 5.96 Å². The van der Waals surface area contributed by atoms with Crippen LogP contribution in [0.2, 0.25) is 0 Å². The molecule has 7 heteroatoms. The fourth-order valence-corrected chi connectivity index (χ4v) is 0.765. The van der Waals surface area contributed by atoms with Crippen molar-refractivity contribution in [1.29, 1.82) is 5.41 Å². The van der Waals surface area contributed by atoms with Gasteiger partial charge in [-0.3, -0.25) is 5.41 Å². The molecule has 70 valence electrons. The zero-order valence-corrected chi connectivity index (χ0v) is 6.94. The van der Waals surface area contributed by atoms with Gasteiger partial charge in [-0.2, -0.15) is 4.98 Å². The molecule has 0 saturated carbocycles. The van der Waals surface area contributed by atoms with Crippen molar-refractivity contribution >= 4 is 17.8 Å². The highest BCUT2D eigenvalue weighted by molar-refractivity contribution is 6.12. The SMILES string of the molecule is CNC(=O)N(C(=N)N)c1cocn1. The number of nitrogens with zero attached hydrogens (tertiary/aromatic N) is 2. The molecule has 2 amide bonds. The molecule has 1 rings (SSSR count). The second kappa shape index (κ2) is 3.57. The highest BCUT2D eigenvalue weighted by atomic mass is 16.3. The number of rotatable bonds is 1. The van der Waals surface area contributed by atoms with Crippen molar-refractivity contribution in [3.63, 3.8) is 0 Å². The number of anilines is 1. The third kappa shape index (κ3) is 1.75. The van der Waals surface area contributed by atoms with Crippen LogP contribution in [0.25, 0.3) is 0 Å². The lowest BCUT2D eigenvalue weighted by atomic mass is 10.6. The lowest BCUT2D eigenvalue weighted by Gasteiger charge is -2.15. The van der Waals surface area contributed by atoms with Crippen molar-refractivity contribution in [2.75, 3.05) is 11.9 Å². The quantitative estimate of drug-likeness (QED) is 0.410. The molecule has 0 spiro atoms. The fourth-order valence-electron chi connectivity index (χ4n) is 0.765. The predicted octanol–water partition coefficient (Wildman–Crippen LogP) is -0.286. The van der Waals surface area contributed by atoms with Crippen molar-refractivity contribution in [2.24, 2.45) is 5.73 Å². The fraction of sp³-hybridized carbons (Fsp3) is 0.167. The summed E-state index contributed by atoms with van der Waals surface area (Å²) in [4.78, 5) is 15.7. The minimum atomic E-state index is -0.540. The minimum absolute atomic E-state index is 0.173. The maximum Gasteiger partial charge on any atom is 0.329 e. The molecule has 0 aliphatic carbocycles. The van der Waals surface area contributed by atoms with Crippen LogP contribution in [0.15, 0.2) is 17.1 Å². The van der Waals surface area contributed by atoms with E-state index in [1.54, 1.807) is 0 Å². The average Bonchev–Trinajstić information content (AvgIpc) is 2.56. The Bertz CT molecular complexity index is 307. The van der Waals surface area contributed by atoms with Crippen molar-refractivity contribution in [3.05, 3.63) is 12.7 Å². The van der Waals surface area contributed by atoms with Gasteiger partial charge in [-0.05, 0) is 0 Å². The summed E-state index contributed by atoms with van der Waals surface area (Å²) in [6.07, 6.45) is 2.37. The van der Waals surface area contributed by atoms with Gasteiger partial charge in [0.1, 0.15) is 6.26 Å². The maximum absolute atomic E-state index is 11.2. The Morgan fingerprint density at radius 2 is 2.54 bits per heavy atom. The summed E-state index contributed by atoms with van der Waals surface area (Å²) in [5, 5.41) is 9.44. The first-order chi connectivity index (χ1) is 6.16. The van der Waals surface area contributed by atoms with Gasteiger partial charge < -0.3 is 15.5 Å². The van der Waals surface area contributed by atoms with E-state index in [0.29, 0.717) is 0 Å². The first-order valence-electron chi connectivity index (χ1n) is 3.41. The number of nitrogens with one attached hydrogen (secondary N) is 2. The highest BCUT2D eigenvalue weighted by Crippen LogP contribution is 2.08. The number of urea groups is 1. The van der Waals surface area contributed by atoms with Crippen LogP contribution >= 0.6 is 0 Å². The number of carbonyl (C=O) groups is 1. The molecule has 4 N–H and O–H groups in total. The predicted molar refractivity (Wildman–Crippen MR) is 45.4 cm³/mol. The summed E-state index contributed by atoms with van der Waals surface area (Å²) in [6.45, 7) is 0. The van der Waals surface area contributed by atoms with Crippen LogP contribution in [0.3, 0.4) is 0 Å². The number of guanidine groups is 1. The number of oxazole rings is 1. The van der Waals surface area contributed by atoms with Gasteiger partial charge in [-0.25, -0.2) is 9.69 Å². The molecule has 1 heterocycles. The largest absolute Gasteiger partial charge is 0.449 e. The molecule has 0 fully saturated rings. The molecule has 0 radical (unpaired) electrons. The van der Waals surface area contributed by atoms with E-state index in [9.17, 15) is 4.79 Å². The minimum Gasteiger partial charge on any atom is -0.449 e. The van der Waals surface area contributed by atoms with Crippen molar-refractivity contribution in [2.45, 2.75) is 0 Å². The monoisotopic (exact) mass is 183 g/mol. The molecule has 7 nitrogen and oxygen atoms in total. The molecular formula is C6H9N5O2. The Morgan fingerprint density at radius 3 is 2.92 bits per heavy atom. The van der Waals surface area contributed by atoms with Crippen LogP contribution < -0.4 is 16.0 Å². The number of hydrogen-bond donors (Lipinski definition) is 3. The van der Waals surface area contributed by atoms with E-state index in [4.69, 9.17) is 11.1 Å². The Labute approximate surface area is 74.0 Å². The van der Waals surface area contributed by atoms with Gasteiger partial charge in [0.05, 0.1) is 0 Å². The van der Waals surface area contributed by atoms with Crippen LogP contribution in [0, 0.1) is 5.41 Å². The Morgan fingerprint density at radius 1 is 1.85 bits per heavy atom. The lowest BCUT2D eigenvalue weighted by Crippen LogP contribution is -2.46. The van der Waals surface area contributed by atoms with Gasteiger partial charge in [-0.1, -0.05) is 0 Å². The molecule has 1 aromatic heterocycles. The van der Waals surface area contributed by atoms with Gasteiger partial charge >= 0.3 is 6.03 Å². The summed E-state index contributed by atoms with van der Waals surface area (Å²) in [5.74, 6) is -0.250. The van der Waals surface area contributed by atoms with Gasteiger partial charge in [-0.15, -0.1) is 0 Å². The zero-order valence-electron chi connectivity index (χ0n) is 6.94. The topological polar surface area (TPSA) is 108 Å². The first kappa shape index (κ1) is 9.04. The van der Waals surface area contributed by atoms with Gasteiger partial charge in [0.25, 0.3) is 0 Å². The van der Waals surface area contributed by atoms with Gasteiger partial charge in [0.15, 0.2) is 12.2 Å².